The maximum absolute atomic E-state index is 12.6. The van der Waals surface area contributed by atoms with E-state index in [1.54, 1.807) is 23.7 Å². The first-order chi connectivity index (χ1) is 14.9. The number of sulfonamides is 1. The number of hydrogen-bond acceptors (Lipinski definition) is 7. The van der Waals surface area contributed by atoms with Crippen LogP contribution >= 0.6 is 34.3 Å². The smallest absolute Gasteiger partial charge is 0.252 e. The van der Waals surface area contributed by atoms with Gasteiger partial charge in [-0.15, -0.1) is 22.7 Å². The monoisotopic (exact) mass is 496 g/mol. The molecule has 4 rings (SSSR count). The average Bonchev–Trinajstić information content (AvgIpc) is 3.43. The zero-order valence-corrected chi connectivity index (χ0v) is 19.7. The van der Waals surface area contributed by atoms with Crippen molar-refractivity contribution in [3.8, 4) is 0 Å². The molecule has 0 unspecified atom stereocenters. The van der Waals surface area contributed by atoms with Gasteiger partial charge in [-0.25, -0.2) is 13.4 Å². The molecule has 3 aromatic rings. The molecule has 1 N–H and O–H groups in total. The van der Waals surface area contributed by atoms with Gasteiger partial charge >= 0.3 is 0 Å². The van der Waals surface area contributed by atoms with Crippen LogP contribution in [0.25, 0.3) is 0 Å². The summed E-state index contributed by atoms with van der Waals surface area (Å²) in [6.45, 7) is 1.95. The molecule has 2 aromatic heterocycles. The molecule has 0 saturated carbocycles. The number of halogens is 1. The van der Waals surface area contributed by atoms with Crippen molar-refractivity contribution in [2.45, 2.75) is 10.6 Å². The van der Waals surface area contributed by atoms with Gasteiger partial charge < -0.3 is 5.32 Å². The molecule has 0 radical (unpaired) electrons. The predicted octanol–water partition coefficient (Wildman–Crippen LogP) is 3.39. The maximum Gasteiger partial charge on any atom is 0.252 e. The van der Waals surface area contributed by atoms with Crippen molar-refractivity contribution < 1.29 is 13.2 Å². The Morgan fingerprint density at radius 3 is 2.61 bits per heavy atom. The number of benzene rings is 1. The SMILES string of the molecule is O=C(CN1CCN(S(=O)(=O)c2cccs2)CC1)Nc1ncc(Cc2ccccc2Cl)s1. The van der Waals surface area contributed by atoms with Gasteiger partial charge in [-0.2, -0.15) is 4.31 Å². The molecule has 0 aliphatic carbocycles. The lowest BCUT2D eigenvalue weighted by molar-refractivity contribution is -0.117. The zero-order chi connectivity index (χ0) is 21.8. The highest BCUT2D eigenvalue weighted by atomic mass is 35.5. The van der Waals surface area contributed by atoms with Crippen LogP contribution in [0.5, 0.6) is 0 Å². The maximum atomic E-state index is 12.6. The van der Waals surface area contributed by atoms with Crippen LogP contribution in [0.15, 0.2) is 52.2 Å². The van der Waals surface area contributed by atoms with Gasteiger partial charge in [0.1, 0.15) is 4.21 Å². The third kappa shape index (κ3) is 5.51. The number of amides is 1. The summed E-state index contributed by atoms with van der Waals surface area (Å²) in [6.07, 6.45) is 2.41. The molecule has 1 aliphatic heterocycles. The second kappa shape index (κ2) is 9.76. The molecule has 1 aromatic carbocycles. The van der Waals surface area contributed by atoms with Gasteiger partial charge in [0.25, 0.3) is 10.0 Å². The zero-order valence-electron chi connectivity index (χ0n) is 16.5. The van der Waals surface area contributed by atoms with Crippen molar-refractivity contribution in [3.63, 3.8) is 0 Å². The van der Waals surface area contributed by atoms with Gasteiger partial charge in [-0.1, -0.05) is 35.9 Å². The van der Waals surface area contributed by atoms with Crippen molar-refractivity contribution >= 4 is 55.3 Å². The molecule has 7 nitrogen and oxygen atoms in total. The first kappa shape index (κ1) is 22.4. The van der Waals surface area contributed by atoms with E-state index >= 15 is 0 Å². The number of carbonyl (C=O) groups is 1. The number of thiophene rings is 1. The average molecular weight is 497 g/mol. The number of rotatable bonds is 7. The molecule has 164 valence electrons. The number of hydrogen-bond donors (Lipinski definition) is 1. The Morgan fingerprint density at radius 2 is 1.90 bits per heavy atom. The topological polar surface area (TPSA) is 82.6 Å². The highest BCUT2D eigenvalue weighted by Crippen LogP contribution is 2.25. The Morgan fingerprint density at radius 1 is 1.13 bits per heavy atom. The molecular weight excluding hydrogens is 476 g/mol. The first-order valence-corrected chi connectivity index (χ1v) is 13.2. The van der Waals surface area contributed by atoms with E-state index in [9.17, 15) is 13.2 Å². The summed E-state index contributed by atoms with van der Waals surface area (Å²) in [6, 6.07) is 11.0. The number of aromatic nitrogens is 1. The van der Waals surface area contributed by atoms with Crippen LogP contribution in [0.4, 0.5) is 5.13 Å². The van der Waals surface area contributed by atoms with E-state index in [2.05, 4.69) is 10.3 Å². The van der Waals surface area contributed by atoms with E-state index in [0.29, 0.717) is 47.0 Å². The lowest BCUT2D eigenvalue weighted by atomic mass is 10.1. The van der Waals surface area contributed by atoms with E-state index in [1.165, 1.54) is 27.0 Å². The molecule has 0 bridgehead atoms. The minimum atomic E-state index is -3.44. The third-order valence-corrected chi connectivity index (χ3v) is 9.46. The molecule has 11 heteroatoms. The predicted molar refractivity (Wildman–Crippen MR) is 125 cm³/mol. The summed E-state index contributed by atoms with van der Waals surface area (Å²) < 4.78 is 27.0. The van der Waals surface area contributed by atoms with E-state index in [0.717, 1.165) is 10.4 Å². The van der Waals surface area contributed by atoms with Crippen molar-refractivity contribution in [2.75, 3.05) is 38.0 Å². The Labute approximate surface area is 194 Å². The fourth-order valence-electron chi connectivity index (χ4n) is 3.30. The molecular formula is C20H21ClN4O3S3. The minimum Gasteiger partial charge on any atom is -0.301 e. The van der Waals surface area contributed by atoms with Crippen LogP contribution in [0.3, 0.4) is 0 Å². The largest absolute Gasteiger partial charge is 0.301 e. The summed E-state index contributed by atoms with van der Waals surface area (Å²) >= 11 is 8.85. The molecule has 1 fully saturated rings. The van der Waals surface area contributed by atoms with Crippen molar-refractivity contribution in [2.24, 2.45) is 0 Å². The summed E-state index contributed by atoms with van der Waals surface area (Å²) in [5.41, 5.74) is 1.01. The summed E-state index contributed by atoms with van der Waals surface area (Å²) in [5.74, 6) is -0.159. The normalized spacial score (nSPS) is 15.8. The third-order valence-electron chi connectivity index (χ3n) is 4.91. The van der Waals surface area contributed by atoms with Crippen LogP contribution in [-0.2, 0) is 21.2 Å². The lowest BCUT2D eigenvalue weighted by Crippen LogP contribution is -2.50. The standard InChI is InChI=1S/C20H21ClN4O3S3/c21-17-5-2-1-4-15(17)12-16-13-22-20(30-16)23-18(26)14-24-7-9-25(10-8-24)31(27,28)19-6-3-11-29-19/h1-6,11,13H,7-10,12,14H2,(H,22,23,26). The van der Waals surface area contributed by atoms with Gasteiger partial charge in [0.15, 0.2) is 5.13 Å². The summed E-state index contributed by atoms with van der Waals surface area (Å²) in [5, 5.41) is 5.85. The number of nitrogens with one attached hydrogen (secondary N) is 1. The Kier molecular flexibility index (Phi) is 7.05. The highest BCUT2D eigenvalue weighted by Gasteiger charge is 2.29. The van der Waals surface area contributed by atoms with E-state index in [1.807, 2.05) is 29.2 Å². The number of piperazine rings is 1. The van der Waals surface area contributed by atoms with E-state index in [4.69, 9.17) is 11.6 Å². The summed E-state index contributed by atoms with van der Waals surface area (Å²) in [7, 11) is -3.44. The first-order valence-electron chi connectivity index (χ1n) is 9.66. The molecule has 1 aliphatic rings. The van der Waals surface area contributed by atoms with Crippen LogP contribution in [0, 0.1) is 0 Å². The second-order valence-electron chi connectivity index (χ2n) is 7.06. The second-order valence-corrected chi connectivity index (χ2v) is 11.7. The number of anilines is 1. The summed E-state index contributed by atoms with van der Waals surface area (Å²) in [4.78, 5) is 19.7. The van der Waals surface area contributed by atoms with Gasteiger partial charge in [-0.05, 0) is 23.1 Å². The fourth-order valence-corrected chi connectivity index (χ4v) is 6.92. The lowest BCUT2D eigenvalue weighted by Gasteiger charge is -2.33. The van der Waals surface area contributed by atoms with Gasteiger partial charge in [0.05, 0.1) is 6.54 Å². The number of carbonyl (C=O) groups excluding carboxylic acids is 1. The molecule has 31 heavy (non-hydrogen) atoms. The van der Waals surface area contributed by atoms with Gasteiger partial charge in [-0.3, -0.25) is 9.69 Å². The molecule has 0 spiro atoms. The fraction of sp³-hybridized carbons (Fsp3) is 0.300. The van der Waals surface area contributed by atoms with Crippen LogP contribution < -0.4 is 5.32 Å². The number of nitrogens with zero attached hydrogens (tertiary/aromatic N) is 3. The quantitative estimate of drug-likeness (QED) is 0.542. The molecule has 3 heterocycles. The highest BCUT2D eigenvalue weighted by molar-refractivity contribution is 7.91. The van der Waals surface area contributed by atoms with Crippen LogP contribution in [0.1, 0.15) is 10.4 Å². The van der Waals surface area contributed by atoms with Crippen LogP contribution in [0.2, 0.25) is 5.02 Å². The van der Waals surface area contributed by atoms with E-state index < -0.39 is 10.0 Å². The molecule has 1 saturated heterocycles. The van der Waals surface area contributed by atoms with Gasteiger partial charge in [0.2, 0.25) is 5.91 Å². The Bertz CT molecular complexity index is 1140. The Hall–Kier alpha value is -1.82. The number of thiazole rings is 1. The van der Waals surface area contributed by atoms with Crippen molar-refractivity contribution in [3.05, 3.63) is 63.4 Å². The van der Waals surface area contributed by atoms with Crippen molar-refractivity contribution in [1.29, 1.82) is 0 Å². The minimum absolute atomic E-state index is 0.159. The van der Waals surface area contributed by atoms with Crippen molar-refractivity contribution in [1.82, 2.24) is 14.2 Å². The molecule has 1 amide bonds. The van der Waals surface area contributed by atoms with E-state index in [-0.39, 0.29) is 12.5 Å². The van der Waals surface area contributed by atoms with Gasteiger partial charge in [0, 0.05) is 48.7 Å². The molecule has 0 atom stereocenters. The van der Waals surface area contributed by atoms with Crippen LogP contribution in [-0.4, -0.2) is 61.2 Å². The Balaban J connectivity index is 1.27.